The minimum atomic E-state index is -1.04. The second kappa shape index (κ2) is 6.39. The highest BCUT2D eigenvalue weighted by molar-refractivity contribution is 9.10. The van der Waals surface area contributed by atoms with Crippen LogP contribution in [0.2, 0.25) is 0 Å². The summed E-state index contributed by atoms with van der Waals surface area (Å²) in [4.78, 5) is 22.7. The average molecular weight is 316 g/mol. The van der Waals surface area contributed by atoms with E-state index in [0.29, 0.717) is 22.2 Å². The van der Waals surface area contributed by atoms with Gasteiger partial charge in [-0.3, -0.25) is 4.79 Å². The Balaban J connectivity index is 2.84. The Kier molecular flexibility index (Phi) is 5.15. The number of nitrogens with one attached hydrogen (secondary N) is 1. The lowest BCUT2D eigenvalue weighted by Gasteiger charge is -2.12. The van der Waals surface area contributed by atoms with Gasteiger partial charge in [0.25, 0.3) is 5.91 Å². The van der Waals surface area contributed by atoms with Gasteiger partial charge >= 0.3 is 5.97 Å². The van der Waals surface area contributed by atoms with Crippen LogP contribution in [0.15, 0.2) is 22.7 Å². The minimum absolute atomic E-state index is 0.332. The van der Waals surface area contributed by atoms with Crippen LogP contribution in [-0.2, 0) is 4.79 Å². The molecular weight excluding hydrogens is 302 g/mol. The van der Waals surface area contributed by atoms with Gasteiger partial charge in [0.15, 0.2) is 0 Å². The van der Waals surface area contributed by atoms with Crippen LogP contribution in [0.5, 0.6) is 5.75 Å². The number of amides is 1. The number of carboxylic acid groups (broad SMARTS) is 1. The van der Waals surface area contributed by atoms with E-state index in [1.54, 1.807) is 25.1 Å². The van der Waals surface area contributed by atoms with Crippen molar-refractivity contribution in [2.45, 2.75) is 19.4 Å². The van der Waals surface area contributed by atoms with E-state index < -0.39 is 17.9 Å². The number of carboxylic acids is 1. The van der Waals surface area contributed by atoms with E-state index >= 15 is 0 Å². The maximum absolute atomic E-state index is 11.8. The lowest BCUT2D eigenvalue weighted by Crippen LogP contribution is -2.40. The van der Waals surface area contributed by atoms with Crippen LogP contribution in [0.25, 0.3) is 0 Å². The summed E-state index contributed by atoms with van der Waals surface area (Å²) in [7, 11) is 1.53. The summed E-state index contributed by atoms with van der Waals surface area (Å²) in [6, 6.07) is 3.93. The van der Waals surface area contributed by atoms with Crippen molar-refractivity contribution in [1.82, 2.24) is 5.32 Å². The second-order valence-corrected chi connectivity index (χ2v) is 4.48. The van der Waals surface area contributed by atoms with Crippen molar-refractivity contribution < 1.29 is 19.4 Å². The van der Waals surface area contributed by atoms with Crippen molar-refractivity contribution in [2.24, 2.45) is 0 Å². The first-order valence-corrected chi connectivity index (χ1v) is 6.16. The van der Waals surface area contributed by atoms with Gasteiger partial charge in [-0.05, 0) is 40.5 Å². The monoisotopic (exact) mass is 315 g/mol. The molecule has 0 heterocycles. The molecule has 0 aliphatic rings. The number of benzene rings is 1. The van der Waals surface area contributed by atoms with Crippen LogP contribution in [-0.4, -0.2) is 30.1 Å². The lowest BCUT2D eigenvalue weighted by molar-refractivity contribution is -0.139. The number of carbonyl (C=O) groups is 2. The Morgan fingerprint density at radius 1 is 1.50 bits per heavy atom. The normalized spacial score (nSPS) is 11.7. The third-order valence-corrected chi connectivity index (χ3v) is 3.05. The number of halogens is 1. The molecule has 0 aromatic heterocycles. The first kappa shape index (κ1) is 14.5. The summed E-state index contributed by atoms with van der Waals surface area (Å²) in [6.45, 7) is 1.70. The van der Waals surface area contributed by atoms with Crippen LogP contribution in [0.1, 0.15) is 23.7 Å². The topological polar surface area (TPSA) is 75.6 Å². The fourth-order valence-electron chi connectivity index (χ4n) is 1.39. The summed E-state index contributed by atoms with van der Waals surface area (Å²) in [5.74, 6) is -0.858. The number of hydrogen-bond acceptors (Lipinski definition) is 3. The number of methoxy groups -OCH3 is 1. The molecule has 0 saturated carbocycles. The van der Waals surface area contributed by atoms with Crippen LogP contribution < -0.4 is 10.1 Å². The van der Waals surface area contributed by atoms with Crippen molar-refractivity contribution in [1.29, 1.82) is 0 Å². The van der Waals surface area contributed by atoms with E-state index in [-0.39, 0.29) is 0 Å². The van der Waals surface area contributed by atoms with Gasteiger partial charge in [-0.15, -0.1) is 0 Å². The first-order chi connectivity index (χ1) is 8.49. The highest BCUT2D eigenvalue weighted by atomic mass is 79.9. The number of carbonyl (C=O) groups excluding carboxylic acids is 1. The van der Waals surface area contributed by atoms with Crippen LogP contribution in [0, 0.1) is 0 Å². The van der Waals surface area contributed by atoms with Crippen molar-refractivity contribution in [3.8, 4) is 5.75 Å². The third kappa shape index (κ3) is 3.46. The van der Waals surface area contributed by atoms with Gasteiger partial charge in [-0.1, -0.05) is 6.92 Å². The third-order valence-electron chi connectivity index (χ3n) is 2.43. The molecule has 1 aromatic carbocycles. The number of hydrogen-bond donors (Lipinski definition) is 2. The van der Waals surface area contributed by atoms with Gasteiger partial charge in [0.05, 0.1) is 11.6 Å². The van der Waals surface area contributed by atoms with Gasteiger partial charge in [-0.2, -0.15) is 0 Å². The van der Waals surface area contributed by atoms with Crippen LogP contribution >= 0.6 is 15.9 Å². The van der Waals surface area contributed by atoms with E-state index in [1.807, 2.05) is 0 Å². The summed E-state index contributed by atoms with van der Waals surface area (Å²) < 4.78 is 5.69. The molecule has 1 atom stereocenters. The molecule has 98 valence electrons. The Morgan fingerprint density at radius 2 is 2.17 bits per heavy atom. The van der Waals surface area contributed by atoms with Gasteiger partial charge in [0.1, 0.15) is 11.8 Å². The maximum atomic E-state index is 11.8. The Hall–Kier alpha value is -1.56. The van der Waals surface area contributed by atoms with Gasteiger partial charge in [0, 0.05) is 5.56 Å². The smallest absolute Gasteiger partial charge is 0.326 e. The van der Waals surface area contributed by atoms with E-state index in [9.17, 15) is 9.59 Å². The summed E-state index contributed by atoms with van der Waals surface area (Å²) in [5, 5.41) is 11.3. The fourth-order valence-corrected chi connectivity index (χ4v) is 1.93. The molecule has 0 fully saturated rings. The predicted molar refractivity (Wildman–Crippen MR) is 69.9 cm³/mol. The largest absolute Gasteiger partial charge is 0.496 e. The molecule has 5 nitrogen and oxygen atoms in total. The van der Waals surface area contributed by atoms with Crippen molar-refractivity contribution in [3.05, 3.63) is 28.2 Å². The highest BCUT2D eigenvalue weighted by Crippen LogP contribution is 2.25. The zero-order valence-electron chi connectivity index (χ0n) is 10.1. The molecule has 0 aliphatic carbocycles. The number of rotatable bonds is 5. The fraction of sp³-hybridized carbons (Fsp3) is 0.333. The molecule has 6 heteroatoms. The Morgan fingerprint density at radius 3 is 2.61 bits per heavy atom. The molecule has 0 unspecified atom stereocenters. The van der Waals surface area contributed by atoms with E-state index in [4.69, 9.17) is 9.84 Å². The summed E-state index contributed by atoms with van der Waals surface area (Å²) in [5.41, 5.74) is 0.377. The Labute approximate surface area is 113 Å². The van der Waals surface area contributed by atoms with Crippen LogP contribution in [0.4, 0.5) is 0 Å². The maximum Gasteiger partial charge on any atom is 0.326 e. The zero-order valence-corrected chi connectivity index (χ0v) is 11.7. The summed E-state index contributed by atoms with van der Waals surface area (Å²) >= 11 is 3.27. The minimum Gasteiger partial charge on any atom is -0.496 e. The molecule has 1 rings (SSSR count). The van der Waals surface area contributed by atoms with E-state index in [2.05, 4.69) is 21.2 Å². The van der Waals surface area contributed by atoms with Crippen LogP contribution in [0.3, 0.4) is 0 Å². The summed E-state index contributed by atoms with van der Waals surface area (Å²) in [6.07, 6.45) is 0.332. The molecule has 0 saturated heterocycles. The van der Waals surface area contributed by atoms with Crippen molar-refractivity contribution in [2.75, 3.05) is 7.11 Å². The molecule has 1 amide bonds. The van der Waals surface area contributed by atoms with Gasteiger partial charge in [0.2, 0.25) is 0 Å². The second-order valence-electron chi connectivity index (χ2n) is 3.62. The van der Waals surface area contributed by atoms with E-state index in [0.717, 1.165) is 0 Å². The van der Waals surface area contributed by atoms with Gasteiger partial charge in [-0.25, -0.2) is 4.79 Å². The standard InChI is InChI=1S/C12H14BrNO4/c1-3-9(12(16)17)14-11(15)7-4-5-10(18-2)8(13)6-7/h4-6,9H,3H2,1-2H3,(H,14,15)(H,16,17)/t9-/m0/s1. The molecule has 0 bridgehead atoms. The molecule has 1 aromatic rings. The molecule has 0 aliphatic heterocycles. The predicted octanol–water partition coefficient (Wildman–Crippen LogP) is 2.05. The SMILES string of the molecule is CC[C@H](NC(=O)c1ccc(OC)c(Br)c1)C(=O)O. The average Bonchev–Trinajstić information content (AvgIpc) is 2.35. The lowest BCUT2D eigenvalue weighted by atomic mass is 10.1. The molecule has 0 radical (unpaired) electrons. The number of ether oxygens (including phenoxy) is 1. The highest BCUT2D eigenvalue weighted by Gasteiger charge is 2.18. The zero-order chi connectivity index (χ0) is 13.7. The first-order valence-electron chi connectivity index (χ1n) is 5.36. The van der Waals surface area contributed by atoms with Crippen molar-refractivity contribution >= 4 is 27.8 Å². The van der Waals surface area contributed by atoms with Gasteiger partial charge < -0.3 is 15.2 Å². The van der Waals surface area contributed by atoms with E-state index in [1.165, 1.54) is 7.11 Å². The molecular formula is C12H14BrNO4. The molecule has 0 spiro atoms. The Bertz CT molecular complexity index is 461. The van der Waals surface area contributed by atoms with Crippen molar-refractivity contribution in [3.63, 3.8) is 0 Å². The number of aliphatic carboxylic acids is 1. The quantitative estimate of drug-likeness (QED) is 0.872. The molecule has 2 N–H and O–H groups in total. The molecule has 18 heavy (non-hydrogen) atoms.